The summed E-state index contributed by atoms with van der Waals surface area (Å²) >= 11 is 0. The zero-order valence-electron chi connectivity index (χ0n) is 10.3. The van der Waals surface area contributed by atoms with E-state index in [1.807, 2.05) is 0 Å². The molecule has 1 aromatic carbocycles. The van der Waals surface area contributed by atoms with Gasteiger partial charge in [0.05, 0.1) is 0 Å². The van der Waals surface area contributed by atoms with Crippen LogP contribution in [0.5, 0.6) is 5.75 Å². The predicted molar refractivity (Wildman–Crippen MR) is 67.3 cm³/mol. The maximum atomic E-state index is 6.46. The lowest BCUT2D eigenvalue weighted by atomic mass is 9.85. The molecular formula is C15H19NO. The Morgan fingerprint density at radius 1 is 1.24 bits per heavy atom. The van der Waals surface area contributed by atoms with Gasteiger partial charge in [0.2, 0.25) is 0 Å². The minimum atomic E-state index is 0.117. The van der Waals surface area contributed by atoms with Crippen molar-refractivity contribution in [3.8, 4) is 5.75 Å². The van der Waals surface area contributed by atoms with E-state index in [4.69, 9.17) is 10.5 Å². The normalized spacial score (nSPS) is 30.6. The van der Waals surface area contributed by atoms with Crippen LogP contribution < -0.4 is 10.5 Å². The van der Waals surface area contributed by atoms with Gasteiger partial charge in [-0.1, -0.05) is 12.1 Å². The van der Waals surface area contributed by atoms with Crippen LogP contribution >= 0.6 is 0 Å². The summed E-state index contributed by atoms with van der Waals surface area (Å²) in [6.07, 6.45) is 6.35. The Morgan fingerprint density at radius 2 is 2.00 bits per heavy atom. The molecule has 2 N–H and O–H groups in total. The number of rotatable bonds is 2. The highest BCUT2D eigenvalue weighted by Crippen LogP contribution is 2.63. The fourth-order valence-corrected chi connectivity index (χ4v) is 3.53. The molecule has 2 heteroatoms. The summed E-state index contributed by atoms with van der Waals surface area (Å²) in [5.41, 5.74) is 9.74. The molecule has 1 aromatic rings. The summed E-state index contributed by atoms with van der Waals surface area (Å²) in [6, 6.07) is 6.76. The number of hydrogen-bond donors (Lipinski definition) is 1. The molecule has 0 amide bonds. The molecule has 2 aliphatic carbocycles. The van der Waals surface area contributed by atoms with Gasteiger partial charge < -0.3 is 10.5 Å². The average molecular weight is 229 g/mol. The van der Waals surface area contributed by atoms with Gasteiger partial charge in [0.25, 0.3) is 0 Å². The molecule has 0 saturated heterocycles. The van der Waals surface area contributed by atoms with Gasteiger partial charge in [-0.3, -0.25) is 0 Å². The third kappa shape index (κ3) is 1.25. The van der Waals surface area contributed by atoms with Gasteiger partial charge >= 0.3 is 0 Å². The Labute approximate surface area is 102 Å². The van der Waals surface area contributed by atoms with Crippen molar-refractivity contribution >= 4 is 0 Å². The van der Waals surface area contributed by atoms with Crippen LogP contribution in [0, 0.1) is 0 Å². The Morgan fingerprint density at radius 3 is 2.65 bits per heavy atom. The van der Waals surface area contributed by atoms with E-state index in [1.54, 1.807) is 0 Å². The van der Waals surface area contributed by atoms with Crippen LogP contribution in [0.4, 0.5) is 0 Å². The molecule has 0 bridgehead atoms. The minimum absolute atomic E-state index is 0.117. The lowest BCUT2D eigenvalue weighted by Crippen LogP contribution is -2.37. The molecule has 0 spiro atoms. The Balaban J connectivity index is 1.74. The smallest absolute Gasteiger partial charge is 0.123 e. The first kappa shape index (κ1) is 9.95. The van der Waals surface area contributed by atoms with Crippen LogP contribution in [-0.4, -0.2) is 11.6 Å². The maximum Gasteiger partial charge on any atom is 0.123 e. The van der Waals surface area contributed by atoms with Crippen molar-refractivity contribution < 1.29 is 4.74 Å². The van der Waals surface area contributed by atoms with E-state index in [0.717, 1.165) is 12.2 Å². The molecule has 3 aliphatic rings. The van der Waals surface area contributed by atoms with Gasteiger partial charge in [-0.15, -0.1) is 0 Å². The van der Waals surface area contributed by atoms with Crippen molar-refractivity contribution in [2.75, 3.05) is 0 Å². The van der Waals surface area contributed by atoms with Gasteiger partial charge in [-0.05, 0) is 49.8 Å². The highest BCUT2D eigenvalue weighted by Gasteiger charge is 2.64. The van der Waals surface area contributed by atoms with Crippen LogP contribution in [0.25, 0.3) is 0 Å². The van der Waals surface area contributed by atoms with Crippen LogP contribution in [0.1, 0.15) is 43.7 Å². The Bertz CT molecular complexity index is 486. The summed E-state index contributed by atoms with van der Waals surface area (Å²) in [6.45, 7) is 2.14. The monoisotopic (exact) mass is 229 g/mol. The number of hydrogen-bond acceptors (Lipinski definition) is 2. The molecule has 1 heterocycles. The Hall–Kier alpha value is -1.02. The number of ether oxygens (including phenoxy) is 1. The number of benzene rings is 1. The highest BCUT2D eigenvalue weighted by molar-refractivity contribution is 5.48. The van der Waals surface area contributed by atoms with Gasteiger partial charge in [0, 0.05) is 17.4 Å². The van der Waals surface area contributed by atoms with Crippen molar-refractivity contribution in [1.29, 1.82) is 0 Å². The van der Waals surface area contributed by atoms with Crippen LogP contribution in [-0.2, 0) is 11.8 Å². The Kier molecular flexibility index (Phi) is 1.68. The summed E-state index contributed by atoms with van der Waals surface area (Å²) in [7, 11) is 0. The third-order valence-corrected chi connectivity index (χ3v) is 4.94. The van der Waals surface area contributed by atoms with Crippen molar-refractivity contribution in [2.45, 2.75) is 56.1 Å². The van der Waals surface area contributed by atoms with E-state index in [1.165, 1.54) is 36.8 Å². The summed E-state index contributed by atoms with van der Waals surface area (Å²) < 4.78 is 5.76. The third-order valence-electron chi connectivity index (χ3n) is 4.94. The molecule has 4 rings (SSSR count). The fourth-order valence-electron chi connectivity index (χ4n) is 3.53. The lowest BCUT2D eigenvalue weighted by Gasteiger charge is -2.23. The number of fused-ring (bicyclic) bond motifs is 1. The second-order valence-electron chi connectivity index (χ2n) is 6.19. The first-order valence-corrected chi connectivity index (χ1v) is 6.72. The van der Waals surface area contributed by atoms with Gasteiger partial charge in [-0.25, -0.2) is 0 Å². The van der Waals surface area contributed by atoms with E-state index < -0.39 is 0 Å². The molecule has 1 unspecified atom stereocenters. The largest absolute Gasteiger partial charge is 0.490 e. The van der Waals surface area contributed by atoms with Crippen LogP contribution in [0.3, 0.4) is 0 Å². The molecule has 2 saturated carbocycles. The van der Waals surface area contributed by atoms with Crippen molar-refractivity contribution in [3.63, 3.8) is 0 Å². The molecular weight excluding hydrogens is 210 g/mol. The van der Waals surface area contributed by atoms with Gasteiger partial charge in [-0.2, -0.15) is 0 Å². The summed E-state index contributed by atoms with van der Waals surface area (Å²) in [5.74, 6) is 1.08. The second kappa shape index (κ2) is 2.86. The van der Waals surface area contributed by atoms with Crippen LogP contribution in [0.15, 0.2) is 18.2 Å². The molecule has 90 valence electrons. The number of nitrogens with two attached hydrogens (primary N) is 1. The minimum Gasteiger partial charge on any atom is -0.490 e. The van der Waals surface area contributed by atoms with Gasteiger partial charge in [0.15, 0.2) is 0 Å². The zero-order chi connectivity index (χ0) is 11.7. The van der Waals surface area contributed by atoms with E-state index in [2.05, 4.69) is 25.1 Å². The van der Waals surface area contributed by atoms with Crippen molar-refractivity contribution in [3.05, 3.63) is 29.3 Å². The molecule has 2 fully saturated rings. The van der Waals surface area contributed by atoms with E-state index in [9.17, 15) is 0 Å². The van der Waals surface area contributed by atoms with E-state index in [-0.39, 0.29) is 5.54 Å². The van der Waals surface area contributed by atoms with Crippen LogP contribution in [0.2, 0.25) is 0 Å². The van der Waals surface area contributed by atoms with Gasteiger partial charge in [0.1, 0.15) is 11.9 Å². The molecule has 0 aromatic heterocycles. The average Bonchev–Trinajstić information content (AvgIpc) is 3.18. The summed E-state index contributed by atoms with van der Waals surface area (Å²) in [5, 5.41) is 0. The molecule has 0 radical (unpaired) electrons. The van der Waals surface area contributed by atoms with E-state index >= 15 is 0 Å². The molecule has 1 atom stereocenters. The fraction of sp³-hybridized carbons (Fsp3) is 0.600. The first-order chi connectivity index (χ1) is 8.13. The topological polar surface area (TPSA) is 35.2 Å². The summed E-state index contributed by atoms with van der Waals surface area (Å²) in [4.78, 5) is 0. The standard InChI is InChI=1S/C15H19NO/c1-10-8-11-9-12(2-3-13(11)17-10)14(4-5-14)15(16)6-7-15/h2-3,9-10H,4-8,16H2,1H3. The molecule has 2 nitrogen and oxygen atoms in total. The van der Waals surface area contributed by atoms with Crippen molar-refractivity contribution in [1.82, 2.24) is 0 Å². The molecule has 17 heavy (non-hydrogen) atoms. The maximum absolute atomic E-state index is 6.46. The van der Waals surface area contributed by atoms with Crippen molar-refractivity contribution in [2.24, 2.45) is 5.73 Å². The SMILES string of the molecule is CC1Cc2cc(C3(C4(N)CC4)CC3)ccc2O1. The zero-order valence-corrected chi connectivity index (χ0v) is 10.3. The lowest BCUT2D eigenvalue weighted by molar-refractivity contribution is 0.254. The quantitative estimate of drug-likeness (QED) is 0.845. The van der Waals surface area contributed by atoms with E-state index in [0.29, 0.717) is 11.5 Å². The second-order valence-corrected chi connectivity index (χ2v) is 6.19. The highest BCUT2D eigenvalue weighted by atomic mass is 16.5. The first-order valence-electron chi connectivity index (χ1n) is 6.72. The predicted octanol–water partition coefficient (Wildman–Crippen LogP) is 2.53. The molecule has 1 aliphatic heterocycles.